The second-order valence-corrected chi connectivity index (χ2v) is 0.639. The Morgan fingerprint density at radius 1 is 1.43 bits per heavy atom. The summed E-state index contributed by atoms with van der Waals surface area (Å²) in [4.78, 5) is 0. The number of alkyl halides is 3. The molecule has 0 aliphatic rings. The molecule has 2 nitrogen and oxygen atoms in total. The first-order valence-electron chi connectivity index (χ1n) is 1.20. The van der Waals surface area contributed by atoms with Gasteiger partial charge in [-0.25, -0.2) is 0 Å². The Kier molecular flexibility index (Phi) is 1.47. The Morgan fingerprint density at radius 2 is 1.86 bits per heavy atom. The van der Waals surface area contributed by atoms with E-state index in [2.05, 4.69) is 4.74 Å². The Bertz CT molecular complexity index is 90.1. The van der Waals surface area contributed by atoms with Gasteiger partial charge >= 0.3 is 6.36 Å². The third-order valence-electron chi connectivity index (χ3n) is 0.161. The summed E-state index contributed by atoms with van der Waals surface area (Å²) in [5.74, 6) is 0. The van der Waals surface area contributed by atoms with Crippen LogP contribution in [0.15, 0.2) is 0 Å². The lowest BCUT2D eigenvalue weighted by atomic mass is 11.3. The van der Waals surface area contributed by atoms with Gasteiger partial charge in [-0.15, -0.1) is 18.4 Å². The predicted octanol–water partition coefficient (Wildman–Crippen LogP) is 1.00. The zero-order chi connectivity index (χ0) is 5.91. The highest BCUT2D eigenvalue weighted by Crippen LogP contribution is 2.14. The average molecular weight is 111 g/mol. The van der Waals surface area contributed by atoms with E-state index in [1.807, 2.05) is 0 Å². The Balaban J connectivity index is 3.40. The standard InChI is InChI=1S/C2F3NO/c3-2(4,5)7-1-6. The molecule has 0 spiro atoms. The summed E-state index contributed by atoms with van der Waals surface area (Å²) in [6.07, 6.45) is -4.33. The molecule has 5 heteroatoms. The molecule has 0 aliphatic carbocycles. The third-order valence-corrected chi connectivity index (χ3v) is 0.161. The quantitative estimate of drug-likeness (QED) is 0.437. The number of nitrogens with zero attached hydrogens (tertiary/aromatic N) is 1. The van der Waals surface area contributed by atoms with Gasteiger partial charge < -0.3 is 4.74 Å². The molecule has 0 atom stereocenters. The van der Waals surface area contributed by atoms with E-state index in [1.165, 1.54) is 0 Å². The van der Waals surface area contributed by atoms with Crippen LogP contribution in [0.2, 0.25) is 0 Å². The minimum Gasteiger partial charge on any atom is -0.330 e. The van der Waals surface area contributed by atoms with Gasteiger partial charge in [-0.05, 0) is 0 Å². The third kappa shape index (κ3) is 5.08. The van der Waals surface area contributed by atoms with Crippen molar-refractivity contribution in [3.8, 4) is 6.26 Å². The first kappa shape index (κ1) is 6.08. The summed E-state index contributed by atoms with van der Waals surface area (Å²) >= 11 is 0. The lowest BCUT2D eigenvalue weighted by Gasteiger charge is -1.95. The highest BCUT2D eigenvalue weighted by atomic mass is 19.4. The SMILES string of the molecule is N#COC(F)(F)F. The van der Waals surface area contributed by atoms with Crippen molar-refractivity contribution < 1.29 is 17.9 Å². The Hall–Kier alpha value is -0.920. The van der Waals surface area contributed by atoms with Crippen LogP contribution in [-0.2, 0) is 4.74 Å². The smallest absolute Gasteiger partial charge is 0.330 e. The van der Waals surface area contributed by atoms with Crippen LogP contribution >= 0.6 is 0 Å². The van der Waals surface area contributed by atoms with E-state index in [1.54, 1.807) is 0 Å². The monoisotopic (exact) mass is 111 g/mol. The van der Waals surface area contributed by atoms with E-state index >= 15 is 0 Å². The van der Waals surface area contributed by atoms with Gasteiger partial charge in [0.25, 0.3) is 6.26 Å². The highest BCUT2D eigenvalue weighted by Gasteiger charge is 2.30. The summed E-state index contributed by atoms with van der Waals surface area (Å²) in [6.45, 7) is 0. The maximum absolute atomic E-state index is 10.6. The fourth-order valence-corrected chi connectivity index (χ4v) is 0.0518. The van der Waals surface area contributed by atoms with Gasteiger partial charge in [-0.1, -0.05) is 0 Å². The number of ether oxygens (including phenoxy) is 1. The molecule has 0 amide bonds. The van der Waals surface area contributed by atoms with Crippen LogP contribution in [0.4, 0.5) is 13.2 Å². The second-order valence-electron chi connectivity index (χ2n) is 0.639. The number of hydrogen-bond acceptors (Lipinski definition) is 2. The van der Waals surface area contributed by atoms with Crippen LogP contribution in [-0.4, -0.2) is 6.36 Å². The van der Waals surface area contributed by atoms with Crippen molar-refractivity contribution in [2.75, 3.05) is 0 Å². The number of nitriles is 1. The molecule has 0 aromatic heterocycles. The molecule has 0 saturated heterocycles. The van der Waals surface area contributed by atoms with E-state index in [0.29, 0.717) is 6.26 Å². The molecule has 0 unspecified atom stereocenters. The van der Waals surface area contributed by atoms with Gasteiger partial charge in [0.05, 0.1) is 0 Å². The molecule has 0 aliphatic heterocycles. The van der Waals surface area contributed by atoms with Crippen LogP contribution in [0.1, 0.15) is 0 Å². The summed E-state index contributed by atoms with van der Waals surface area (Å²) in [5.41, 5.74) is 0. The van der Waals surface area contributed by atoms with Gasteiger partial charge in [-0.2, -0.15) is 0 Å². The van der Waals surface area contributed by atoms with E-state index in [-0.39, 0.29) is 0 Å². The lowest BCUT2D eigenvalue weighted by molar-refractivity contribution is -0.292. The fourth-order valence-electron chi connectivity index (χ4n) is 0.0518. The van der Waals surface area contributed by atoms with Crippen molar-refractivity contribution in [2.24, 2.45) is 0 Å². The molecule has 0 aromatic carbocycles. The number of rotatable bonds is 0. The van der Waals surface area contributed by atoms with E-state index < -0.39 is 6.36 Å². The second kappa shape index (κ2) is 1.69. The van der Waals surface area contributed by atoms with Crippen molar-refractivity contribution in [1.29, 1.82) is 5.26 Å². The number of halogens is 3. The van der Waals surface area contributed by atoms with Gasteiger partial charge in [-0.3, -0.25) is 0 Å². The first-order valence-corrected chi connectivity index (χ1v) is 1.20. The van der Waals surface area contributed by atoms with E-state index in [9.17, 15) is 13.2 Å². The summed E-state index contributed by atoms with van der Waals surface area (Å²) < 4.78 is 34.4. The van der Waals surface area contributed by atoms with Crippen LogP contribution in [0.25, 0.3) is 0 Å². The van der Waals surface area contributed by atoms with Crippen LogP contribution in [0.5, 0.6) is 0 Å². The minimum absolute atomic E-state index is 0.483. The number of hydrogen-bond donors (Lipinski definition) is 0. The molecule has 0 N–H and O–H groups in total. The van der Waals surface area contributed by atoms with Gasteiger partial charge in [0, 0.05) is 0 Å². The van der Waals surface area contributed by atoms with Crippen molar-refractivity contribution in [2.45, 2.75) is 6.36 Å². The minimum atomic E-state index is -4.81. The molecule has 0 saturated carbocycles. The summed E-state index contributed by atoms with van der Waals surface area (Å²) in [6, 6.07) is 0. The normalized spacial score (nSPS) is 10.0. The Morgan fingerprint density at radius 3 is 1.86 bits per heavy atom. The molecule has 0 fully saturated rings. The molecule has 0 bridgehead atoms. The zero-order valence-corrected chi connectivity index (χ0v) is 2.99. The molecule has 40 valence electrons. The molecule has 0 rings (SSSR count). The largest absolute Gasteiger partial charge is 0.582 e. The predicted molar refractivity (Wildman–Crippen MR) is 12.8 cm³/mol. The van der Waals surface area contributed by atoms with Crippen molar-refractivity contribution in [3.05, 3.63) is 0 Å². The fraction of sp³-hybridized carbons (Fsp3) is 0.500. The topological polar surface area (TPSA) is 33.0 Å². The van der Waals surface area contributed by atoms with Crippen molar-refractivity contribution >= 4 is 0 Å². The molecular weight excluding hydrogens is 111 g/mol. The van der Waals surface area contributed by atoms with Crippen LogP contribution in [0.3, 0.4) is 0 Å². The van der Waals surface area contributed by atoms with Crippen molar-refractivity contribution in [3.63, 3.8) is 0 Å². The van der Waals surface area contributed by atoms with E-state index in [0.717, 1.165) is 0 Å². The van der Waals surface area contributed by atoms with Crippen LogP contribution < -0.4 is 0 Å². The van der Waals surface area contributed by atoms with Crippen molar-refractivity contribution in [1.82, 2.24) is 0 Å². The van der Waals surface area contributed by atoms with Crippen LogP contribution in [0, 0.1) is 11.5 Å². The maximum Gasteiger partial charge on any atom is 0.582 e. The molecule has 7 heavy (non-hydrogen) atoms. The molecule has 0 radical (unpaired) electrons. The molecular formula is C2F3NO. The molecule has 0 aromatic rings. The molecule has 0 heterocycles. The van der Waals surface area contributed by atoms with Gasteiger partial charge in [0.2, 0.25) is 0 Å². The lowest BCUT2D eigenvalue weighted by Crippen LogP contribution is -2.08. The van der Waals surface area contributed by atoms with Gasteiger partial charge in [0.1, 0.15) is 0 Å². The summed E-state index contributed by atoms with van der Waals surface area (Å²) in [5, 5.41) is 7.21. The summed E-state index contributed by atoms with van der Waals surface area (Å²) in [7, 11) is 0. The average Bonchev–Trinajstić information content (AvgIpc) is 1.30. The highest BCUT2D eigenvalue weighted by molar-refractivity contribution is 4.47. The van der Waals surface area contributed by atoms with E-state index in [4.69, 9.17) is 5.26 Å². The zero-order valence-electron chi connectivity index (χ0n) is 2.99. The Labute approximate surface area is 37.1 Å². The maximum atomic E-state index is 10.6. The van der Waals surface area contributed by atoms with Gasteiger partial charge in [0.15, 0.2) is 0 Å². The first-order chi connectivity index (χ1) is 3.06.